The molecule has 6 heteroatoms. The molecule has 0 heterocycles. The number of aliphatic hydroxyl groups is 1. The molecular formula is C15H23ClN2O3. The Labute approximate surface area is 130 Å². The molecule has 0 aliphatic carbocycles. The molecule has 0 aliphatic rings. The fourth-order valence-electron chi connectivity index (χ4n) is 1.74. The number of anilines is 1. The van der Waals surface area contributed by atoms with Crippen molar-refractivity contribution in [1.29, 1.82) is 0 Å². The van der Waals surface area contributed by atoms with Crippen molar-refractivity contribution in [3.05, 3.63) is 28.8 Å². The molecule has 0 saturated carbocycles. The topological polar surface area (TPSA) is 61.8 Å². The Morgan fingerprint density at radius 2 is 2.10 bits per heavy atom. The molecule has 0 atom stereocenters. The van der Waals surface area contributed by atoms with Gasteiger partial charge in [0.2, 0.25) is 0 Å². The number of nitrogens with one attached hydrogen (secondary N) is 1. The van der Waals surface area contributed by atoms with Crippen LogP contribution >= 0.6 is 11.6 Å². The van der Waals surface area contributed by atoms with E-state index in [2.05, 4.69) is 5.32 Å². The van der Waals surface area contributed by atoms with Crippen LogP contribution in [0.15, 0.2) is 18.2 Å². The predicted molar refractivity (Wildman–Crippen MR) is 84.7 cm³/mol. The van der Waals surface area contributed by atoms with E-state index in [-0.39, 0.29) is 6.61 Å². The van der Waals surface area contributed by atoms with Gasteiger partial charge in [-0.15, -0.1) is 0 Å². The highest BCUT2D eigenvalue weighted by Crippen LogP contribution is 2.22. The largest absolute Gasteiger partial charge is 0.444 e. The predicted octanol–water partition coefficient (Wildman–Crippen LogP) is 3.11. The highest BCUT2D eigenvalue weighted by Gasteiger charge is 2.16. The molecule has 1 amide bonds. The molecule has 1 aromatic carbocycles. The number of amides is 1. The van der Waals surface area contributed by atoms with Crippen LogP contribution in [0.25, 0.3) is 0 Å². The van der Waals surface area contributed by atoms with E-state index in [1.165, 1.54) is 0 Å². The van der Waals surface area contributed by atoms with Crippen molar-refractivity contribution in [1.82, 2.24) is 4.90 Å². The number of carbonyl (C=O) groups is 1. The van der Waals surface area contributed by atoms with Crippen LogP contribution in [-0.2, 0) is 11.3 Å². The standard InChI is InChI=1S/C15H23ClN2O3/c1-15(2,3)21-14(20)17-12-5-6-13(16)11(9-12)10-18(4)7-8-19/h5-6,9,19H,7-8,10H2,1-4H3,(H,17,20). The quantitative estimate of drug-likeness (QED) is 0.876. The first-order chi connectivity index (χ1) is 9.71. The van der Waals surface area contributed by atoms with Gasteiger partial charge in [0.05, 0.1) is 6.61 Å². The summed E-state index contributed by atoms with van der Waals surface area (Å²) in [6, 6.07) is 5.26. The van der Waals surface area contributed by atoms with Crippen molar-refractivity contribution < 1.29 is 14.6 Å². The summed E-state index contributed by atoms with van der Waals surface area (Å²) in [6.07, 6.45) is -0.500. The van der Waals surface area contributed by atoms with Crippen LogP contribution in [0, 0.1) is 0 Å². The number of benzene rings is 1. The molecule has 0 bridgehead atoms. The molecule has 1 aromatic rings. The van der Waals surface area contributed by atoms with Gasteiger partial charge in [-0.25, -0.2) is 4.79 Å². The number of aliphatic hydroxyl groups excluding tert-OH is 1. The number of rotatable bonds is 5. The number of carbonyl (C=O) groups excluding carboxylic acids is 1. The summed E-state index contributed by atoms with van der Waals surface area (Å²) in [4.78, 5) is 13.7. The molecule has 0 unspecified atom stereocenters. The van der Waals surface area contributed by atoms with Crippen LogP contribution in [0.4, 0.5) is 10.5 Å². The van der Waals surface area contributed by atoms with Gasteiger partial charge >= 0.3 is 6.09 Å². The maximum absolute atomic E-state index is 11.7. The van der Waals surface area contributed by atoms with Crippen molar-refractivity contribution in [2.75, 3.05) is 25.5 Å². The maximum Gasteiger partial charge on any atom is 0.412 e. The SMILES string of the molecule is CN(CCO)Cc1cc(NC(=O)OC(C)(C)C)ccc1Cl. The van der Waals surface area contributed by atoms with Crippen molar-refractivity contribution in [3.63, 3.8) is 0 Å². The van der Waals surface area contributed by atoms with E-state index in [9.17, 15) is 4.79 Å². The molecule has 21 heavy (non-hydrogen) atoms. The molecule has 118 valence electrons. The molecule has 0 fully saturated rings. The van der Waals surface area contributed by atoms with Crippen molar-refractivity contribution >= 4 is 23.4 Å². The van der Waals surface area contributed by atoms with E-state index in [0.717, 1.165) is 5.56 Å². The molecule has 0 spiro atoms. The normalized spacial score (nSPS) is 11.6. The smallest absolute Gasteiger partial charge is 0.412 e. The lowest BCUT2D eigenvalue weighted by atomic mass is 10.2. The lowest BCUT2D eigenvalue weighted by Gasteiger charge is -2.20. The first kappa shape index (κ1) is 17.8. The van der Waals surface area contributed by atoms with Crippen LogP contribution in [0.5, 0.6) is 0 Å². The van der Waals surface area contributed by atoms with Gasteiger partial charge in [-0.2, -0.15) is 0 Å². The number of likely N-dealkylation sites (N-methyl/N-ethyl adjacent to an activating group) is 1. The van der Waals surface area contributed by atoms with Gasteiger partial charge in [-0.3, -0.25) is 10.2 Å². The summed E-state index contributed by atoms with van der Waals surface area (Å²) in [5, 5.41) is 12.2. The Morgan fingerprint density at radius 3 is 2.67 bits per heavy atom. The van der Waals surface area contributed by atoms with Gasteiger partial charge in [-0.1, -0.05) is 11.6 Å². The molecule has 0 saturated heterocycles. The Hall–Kier alpha value is -1.30. The zero-order valence-corrected chi connectivity index (χ0v) is 13.7. The van der Waals surface area contributed by atoms with Crippen LogP contribution in [-0.4, -0.2) is 41.9 Å². The van der Waals surface area contributed by atoms with Crippen LogP contribution in [0.3, 0.4) is 0 Å². The van der Waals surface area contributed by atoms with E-state index < -0.39 is 11.7 Å². The summed E-state index contributed by atoms with van der Waals surface area (Å²) in [6.45, 7) is 6.66. The van der Waals surface area contributed by atoms with Gasteiger partial charge < -0.3 is 9.84 Å². The number of halogens is 1. The lowest BCUT2D eigenvalue weighted by molar-refractivity contribution is 0.0636. The van der Waals surface area contributed by atoms with E-state index >= 15 is 0 Å². The average molecular weight is 315 g/mol. The molecule has 0 radical (unpaired) electrons. The Morgan fingerprint density at radius 1 is 1.43 bits per heavy atom. The summed E-state index contributed by atoms with van der Waals surface area (Å²) in [5.41, 5.74) is 0.961. The second kappa shape index (κ2) is 7.64. The van der Waals surface area contributed by atoms with E-state index in [0.29, 0.717) is 23.8 Å². The minimum atomic E-state index is -0.541. The maximum atomic E-state index is 11.7. The van der Waals surface area contributed by atoms with Crippen molar-refractivity contribution in [2.24, 2.45) is 0 Å². The second-order valence-electron chi connectivity index (χ2n) is 5.89. The zero-order valence-electron chi connectivity index (χ0n) is 12.9. The Bertz CT molecular complexity index is 486. The lowest BCUT2D eigenvalue weighted by Crippen LogP contribution is -2.27. The van der Waals surface area contributed by atoms with Gasteiger partial charge in [0.15, 0.2) is 0 Å². The number of hydrogen-bond donors (Lipinski definition) is 2. The molecule has 0 aromatic heterocycles. The first-order valence-corrected chi connectivity index (χ1v) is 7.17. The van der Waals surface area contributed by atoms with E-state index in [1.807, 2.05) is 32.7 Å². The van der Waals surface area contributed by atoms with Gasteiger partial charge in [-0.05, 0) is 51.6 Å². The third-order valence-electron chi connectivity index (χ3n) is 2.61. The second-order valence-corrected chi connectivity index (χ2v) is 6.30. The summed E-state index contributed by atoms with van der Waals surface area (Å²) in [7, 11) is 1.89. The molecule has 1 rings (SSSR count). The Kier molecular flexibility index (Phi) is 6.45. The summed E-state index contributed by atoms with van der Waals surface area (Å²) < 4.78 is 5.20. The fraction of sp³-hybridized carbons (Fsp3) is 0.533. The van der Waals surface area contributed by atoms with Gasteiger partial charge in [0.25, 0.3) is 0 Å². The van der Waals surface area contributed by atoms with Crippen LogP contribution in [0.2, 0.25) is 5.02 Å². The van der Waals surface area contributed by atoms with E-state index in [4.69, 9.17) is 21.4 Å². The fourth-order valence-corrected chi connectivity index (χ4v) is 1.91. The van der Waals surface area contributed by atoms with Gasteiger partial charge in [0.1, 0.15) is 5.60 Å². The minimum Gasteiger partial charge on any atom is -0.444 e. The highest BCUT2D eigenvalue weighted by atomic mass is 35.5. The number of hydrogen-bond acceptors (Lipinski definition) is 4. The molecule has 0 aliphatic heterocycles. The number of nitrogens with zero attached hydrogens (tertiary/aromatic N) is 1. The highest BCUT2D eigenvalue weighted by molar-refractivity contribution is 6.31. The van der Waals surface area contributed by atoms with Crippen LogP contribution in [0.1, 0.15) is 26.3 Å². The van der Waals surface area contributed by atoms with Gasteiger partial charge in [0, 0.05) is 23.8 Å². The third kappa shape index (κ3) is 6.80. The average Bonchev–Trinajstić information content (AvgIpc) is 2.31. The minimum absolute atomic E-state index is 0.0873. The summed E-state index contributed by atoms with van der Waals surface area (Å²) in [5.74, 6) is 0. The zero-order chi connectivity index (χ0) is 16.0. The molecule has 5 nitrogen and oxygen atoms in total. The molecular weight excluding hydrogens is 292 g/mol. The van der Waals surface area contributed by atoms with Crippen molar-refractivity contribution in [3.8, 4) is 0 Å². The Balaban J connectivity index is 2.75. The van der Waals surface area contributed by atoms with E-state index in [1.54, 1.807) is 18.2 Å². The van der Waals surface area contributed by atoms with Crippen molar-refractivity contribution in [2.45, 2.75) is 32.9 Å². The first-order valence-electron chi connectivity index (χ1n) is 6.79. The van der Waals surface area contributed by atoms with Crippen LogP contribution < -0.4 is 5.32 Å². The molecule has 2 N–H and O–H groups in total. The monoisotopic (exact) mass is 314 g/mol. The third-order valence-corrected chi connectivity index (χ3v) is 2.98. The number of ether oxygens (including phenoxy) is 1. The summed E-state index contributed by atoms with van der Waals surface area (Å²) >= 11 is 6.15.